The van der Waals surface area contributed by atoms with Crippen LogP contribution in [0.5, 0.6) is 0 Å². The number of thiophene rings is 1. The van der Waals surface area contributed by atoms with E-state index in [2.05, 4.69) is 12.2 Å². The molecule has 0 bridgehead atoms. The van der Waals surface area contributed by atoms with E-state index in [0.29, 0.717) is 35.1 Å². The molecule has 6 nitrogen and oxygen atoms in total. The lowest BCUT2D eigenvalue weighted by atomic mass is 9.92. The fraction of sp³-hybridized carbons (Fsp3) is 0.458. The van der Waals surface area contributed by atoms with Crippen molar-refractivity contribution in [2.24, 2.45) is 11.8 Å². The van der Waals surface area contributed by atoms with E-state index in [-0.39, 0.29) is 23.6 Å². The second-order valence-corrected chi connectivity index (χ2v) is 9.53. The Hall–Kier alpha value is -2.67. The summed E-state index contributed by atoms with van der Waals surface area (Å²) in [5.74, 6) is 0.842. The van der Waals surface area contributed by atoms with Gasteiger partial charge in [0.05, 0.1) is 4.88 Å². The number of rotatable bonds is 4. The van der Waals surface area contributed by atoms with E-state index in [1.165, 1.54) is 11.3 Å². The zero-order valence-corrected chi connectivity index (χ0v) is 18.7. The Kier molecular flexibility index (Phi) is 6.70. The first kappa shape index (κ1) is 21.6. The number of amides is 3. The zero-order valence-electron chi connectivity index (χ0n) is 17.9. The van der Waals surface area contributed by atoms with Gasteiger partial charge in [0.2, 0.25) is 5.91 Å². The van der Waals surface area contributed by atoms with Gasteiger partial charge in [-0.3, -0.25) is 14.4 Å². The third-order valence-electron chi connectivity index (χ3n) is 6.36. The first-order valence-corrected chi connectivity index (χ1v) is 11.9. The monoisotopic (exact) mass is 439 g/mol. The van der Waals surface area contributed by atoms with Crippen molar-refractivity contribution in [2.45, 2.75) is 32.6 Å². The lowest BCUT2D eigenvalue weighted by molar-refractivity contribution is -0.138. The Balaban J connectivity index is 1.28. The van der Waals surface area contributed by atoms with Crippen LogP contribution < -0.4 is 5.32 Å². The highest BCUT2D eigenvalue weighted by molar-refractivity contribution is 7.12. The molecule has 164 valence electrons. The Morgan fingerprint density at radius 3 is 2.16 bits per heavy atom. The van der Waals surface area contributed by atoms with Gasteiger partial charge in [-0.1, -0.05) is 13.0 Å². The molecule has 0 radical (unpaired) electrons. The van der Waals surface area contributed by atoms with Crippen LogP contribution in [0.1, 0.15) is 52.6 Å². The molecule has 3 amide bonds. The second kappa shape index (κ2) is 9.64. The Morgan fingerprint density at radius 2 is 1.55 bits per heavy atom. The largest absolute Gasteiger partial charge is 0.342 e. The number of nitrogens with one attached hydrogen (secondary N) is 1. The van der Waals surface area contributed by atoms with Crippen molar-refractivity contribution >= 4 is 34.7 Å². The van der Waals surface area contributed by atoms with E-state index >= 15 is 0 Å². The highest BCUT2D eigenvalue weighted by atomic mass is 32.1. The van der Waals surface area contributed by atoms with Crippen molar-refractivity contribution in [3.05, 3.63) is 52.2 Å². The van der Waals surface area contributed by atoms with Crippen LogP contribution in [0.25, 0.3) is 0 Å². The van der Waals surface area contributed by atoms with E-state index in [4.69, 9.17) is 0 Å². The van der Waals surface area contributed by atoms with Crippen LogP contribution in [0, 0.1) is 11.8 Å². The Morgan fingerprint density at radius 1 is 0.903 bits per heavy atom. The normalized spacial score (nSPS) is 18.1. The van der Waals surface area contributed by atoms with E-state index in [0.717, 1.165) is 38.8 Å². The van der Waals surface area contributed by atoms with Crippen LogP contribution in [0.15, 0.2) is 41.8 Å². The molecular formula is C24H29N3O3S. The molecule has 0 unspecified atom stereocenters. The standard InChI is InChI=1S/C24H29N3O3S/c1-17-8-12-26(13-9-17)24(30)19-10-14-27(15-11-19)23(29)18-4-6-20(7-5-18)25-22(28)21-3-2-16-31-21/h2-7,16-17,19H,8-15H2,1H3,(H,25,28). The zero-order chi connectivity index (χ0) is 21.8. The van der Waals surface area contributed by atoms with Crippen molar-refractivity contribution in [2.75, 3.05) is 31.5 Å². The van der Waals surface area contributed by atoms with Crippen LogP contribution in [0.2, 0.25) is 0 Å². The molecule has 0 aliphatic carbocycles. The fourth-order valence-electron chi connectivity index (χ4n) is 4.30. The third kappa shape index (κ3) is 5.15. The van der Waals surface area contributed by atoms with Gasteiger partial charge in [0.15, 0.2) is 0 Å². The topological polar surface area (TPSA) is 69.7 Å². The summed E-state index contributed by atoms with van der Waals surface area (Å²) in [6, 6.07) is 10.6. The van der Waals surface area contributed by atoms with Gasteiger partial charge in [0.1, 0.15) is 0 Å². The van der Waals surface area contributed by atoms with E-state index in [1.54, 1.807) is 30.3 Å². The molecule has 1 aromatic heterocycles. The molecule has 2 aliphatic heterocycles. The average Bonchev–Trinajstić information content (AvgIpc) is 3.35. The van der Waals surface area contributed by atoms with Crippen molar-refractivity contribution in [3.63, 3.8) is 0 Å². The van der Waals surface area contributed by atoms with Gasteiger partial charge in [0.25, 0.3) is 11.8 Å². The maximum Gasteiger partial charge on any atom is 0.265 e. The van der Waals surface area contributed by atoms with Crippen molar-refractivity contribution in [3.8, 4) is 0 Å². The molecule has 0 spiro atoms. The van der Waals surface area contributed by atoms with E-state index in [9.17, 15) is 14.4 Å². The summed E-state index contributed by atoms with van der Waals surface area (Å²) in [7, 11) is 0. The highest BCUT2D eigenvalue weighted by Gasteiger charge is 2.31. The first-order valence-electron chi connectivity index (χ1n) is 11.0. The molecular weight excluding hydrogens is 410 g/mol. The molecule has 2 aromatic rings. The van der Waals surface area contributed by atoms with Gasteiger partial charge in [-0.25, -0.2) is 0 Å². The van der Waals surface area contributed by atoms with Crippen molar-refractivity contribution < 1.29 is 14.4 Å². The number of anilines is 1. The highest BCUT2D eigenvalue weighted by Crippen LogP contribution is 2.25. The summed E-state index contributed by atoms with van der Waals surface area (Å²) >= 11 is 1.39. The van der Waals surface area contributed by atoms with Crippen molar-refractivity contribution in [1.29, 1.82) is 0 Å². The Bertz CT molecular complexity index is 910. The summed E-state index contributed by atoms with van der Waals surface area (Å²) in [4.78, 5) is 42.3. The maximum absolute atomic E-state index is 12.9. The van der Waals surface area contributed by atoms with E-state index in [1.807, 2.05) is 21.2 Å². The maximum atomic E-state index is 12.9. The molecule has 0 atom stereocenters. The molecule has 2 aliphatic rings. The van der Waals surface area contributed by atoms with Crippen LogP contribution in [0.4, 0.5) is 5.69 Å². The van der Waals surface area contributed by atoms with Crippen LogP contribution in [-0.4, -0.2) is 53.7 Å². The minimum atomic E-state index is -0.149. The summed E-state index contributed by atoms with van der Waals surface area (Å²) < 4.78 is 0. The van der Waals surface area contributed by atoms with Crippen LogP contribution in [0.3, 0.4) is 0 Å². The number of hydrogen-bond acceptors (Lipinski definition) is 4. The van der Waals surface area contributed by atoms with E-state index < -0.39 is 0 Å². The van der Waals surface area contributed by atoms with Gasteiger partial charge in [-0.05, 0) is 67.3 Å². The number of carbonyl (C=O) groups excluding carboxylic acids is 3. The lowest BCUT2D eigenvalue weighted by Gasteiger charge is -2.36. The molecule has 1 aromatic carbocycles. The number of piperidine rings is 2. The molecule has 7 heteroatoms. The SMILES string of the molecule is CC1CCN(C(=O)C2CCN(C(=O)c3ccc(NC(=O)c4cccs4)cc3)CC2)CC1. The smallest absolute Gasteiger partial charge is 0.265 e. The second-order valence-electron chi connectivity index (χ2n) is 8.58. The third-order valence-corrected chi connectivity index (χ3v) is 7.23. The average molecular weight is 440 g/mol. The summed E-state index contributed by atoms with van der Waals surface area (Å²) in [6.45, 7) is 5.20. The molecule has 31 heavy (non-hydrogen) atoms. The predicted molar refractivity (Wildman–Crippen MR) is 122 cm³/mol. The van der Waals surface area contributed by atoms with Gasteiger partial charge >= 0.3 is 0 Å². The number of benzene rings is 1. The van der Waals surface area contributed by atoms with Gasteiger partial charge in [-0.15, -0.1) is 11.3 Å². The molecule has 1 N–H and O–H groups in total. The Labute approximate surface area is 187 Å². The number of likely N-dealkylation sites (tertiary alicyclic amines) is 2. The number of carbonyl (C=O) groups is 3. The van der Waals surface area contributed by atoms with Crippen molar-refractivity contribution in [1.82, 2.24) is 9.80 Å². The molecule has 4 rings (SSSR count). The predicted octanol–water partition coefficient (Wildman–Crippen LogP) is 4.11. The number of nitrogens with zero attached hydrogens (tertiary/aromatic N) is 2. The lowest BCUT2D eigenvalue weighted by Crippen LogP contribution is -2.46. The number of hydrogen-bond donors (Lipinski definition) is 1. The molecule has 2 saturated heterocycles. The summed E-state index contributed by atoms with van der Waals surface area (Å²) in [5, 5.41) is 4.71. The quantitative estimate of drug-likeness (QED) is 0.779. The van der Waals surface area contributed by atoms with Crippen LogP contribution >= 0.6 is 11.3 Å². The van der Waals surface area contributed by atoms with Gasteiger partial charge in [-0.2, -0.15) is 0 Å². The molecule has 0 saturated carbocycles. The molecule has 3 heterocycles. The summed E-state index contributed by atoms with van der Waals surface area (Å²) in [5.41, 5.74) is 1.26. The van der Waals surface area contributed by atoms with Gasteiger partial charge in [0, 0.05) is 43.3 Å². The minimum absolute atomic E-state index is 0.0196. The van der Waals surface area contributed by atoms with Gasteiger partial charge < -0.3 is 15.1 Å². The molecule has 2 fully saturated rings. The fourth-order valence-corrected chi connectivity index (χ4v) is 4.91. The summed E-state index contributed by atoms with van der Waals surface area (Å²) in [6.07, 6.45) is 3.64. The minimum Gasteiger partial charge on any atom is -0.342 e. The first-order chi connectivity index (χ1) is 15.0. The van der Waals surface area contributed by atoms with Crippen LogP contribution in [-0.2, 0) is 4.79 Å².